The van der Waals surface area contributed by atoms with Crippen molar-refractivity contribution in [3.8, 4) is 12.8 Å². The van der Waals surface area contributed by atoms with Crippen molar-refractivity contribution in [2.45, 2.75) is 44.5 Å². The van der Waals surface area contributed by atoms with Crippen LogP contribution in [0.4, 0.5) is 14.5 Å². The van der Waals surface area contributed by atoms with Crippen molar-refractivity contribution in [2.24, 2.45) is 5.73 Å². The number of morpholine rings is 1. The Hall–Kier alpha value is -2.01. The molecule has 3 atom stereocenters. The minimum Gasteiger partial charge on any atom is -0.675 e. The Morgan fingerprint density at radius 2 is 1.64 bits per heavy atom. The smallest absolute Gasteiger partial charge is 0.675 e. The van der Waals surface area contributed by atoms with E-state index in [2.05, 4.69) is 89.9 Å². The molecule has 44 heavy (non-hydrogen) atoms. The van der Waals surface area contributed by atoms with Gasteiger partial charge in [-0.3, -0.25) is 0 Å². The summed E-state index contributed by atoms with van der Waals surface area (Å²) in [7, 11) is 1.79. The Kier molecular flexibility index (Phi) is 29.8. The van der Waals surface area contributed by atoms with E-state index in [1.165, 1.54) is 30.2 Å². The number of anilines is 1. The first-order valence-electron chi connectivity index (χ1n) is 14.1. The quantitative estimate of drug-likeness (QED) is 0.163. The molecule has 7 nitrogen and oxygen atoms in total. The number of carbonyl (C=O) groups excluding carboxylic acids is 1. The maximum atomic E-state index is 13.1. The van der Waals surface area contributed by atoms with Gasteiger partial charge in [-0.1, -0.05) is 66.7 Å². The van der Waals surface area contributed by atoms with Crippen LogP contribution in [-0.4, -0.2) is 69.6 Å². The zero-order chi connectivity index (χ0) is 32.3. The Bertz CT molecular complexity index is 1060. The predicted octanol–water partition coefficient (Wildman–Crippen LogP) is 2.22. The second kappa shape index (κ2) is 29.7. The summed E-state index contributed by atoms with van der Waals surface area (Å²) in [6.45, 7) is 2.80. The van der Waals surface area contributed by atoms with Crippen LogP contribution >= 0.6 is 0 Å². The number of rotatable bonds is 9. The summed E-state index contributed by atoms with van der Waals surface area (Å²) in [5.74, 6) is -0.227. The zero-order valence-corrected chi connectivity index (χ0v) is 29.3. The molecule has 0 aromatic heterocycles. The Morgan fingerprint density at radius 1 is 1.11 bits per heavy atom. The van der Waals surface area contributed by atoms with Crippen LogP contribution in [0.15, 0.2) is 78.9 Å². The van der Waals surface area contributed by atoms with Gasteiger partial charge < -0.3 is 36.7 Å². The molecular formula is C34H47F2KN4O3. The van der Waals surface area contributed by atoms with E-state index in [4.69, 9.17) is 20.4 Å². The van der Waals surface area contributed by atoms with Crippen LogP contribution in [0.1, 0.15) is 30.0 Å². The summed E-state index contributed by atoms with van der Waals surface area (Å²) in [5, 5.41) is 15.2. The number of alkyl halides is 1. The Morgan fingerprint density at radius 3 is 2.02 bits per heavy atom. The molecular weight excluding hydrogens is 589 g/mol. The fraction of sp³-hybridized carbons (Fsp3) is 0.382. The SMILES string of the molecule is C#C.CC(F)C[NH-].CNc1cc(F)ccc1CC[C@@H]1CN[C@H](CO)CO1.NCC=O.[K+].c1ccc(Cc2ccccc2)cc1. The number of hydrogen-bond donors (Lipinski definition) is 4. The van der Waals surface area contributed by atoms with E-state index >= 15 is 0 Å². The fourth-order valence-corrected chi connectivity index (χ4v) is 3.71. The Balaban J connectivity index is 0. The van der Waals surface area contributed by atoms with Crippen LogP contribution in [-0.2, 0) is 22.4 Å². The van der Waals surface area contributed by atoms with Gasteiger partial charge in [-0.2, -0.15) is 0 Å². The van der Waals surface area contributed by atoms with Crippen molar-refractivity contribution in [3.63, 3.8) is 0 Å². The summed E-state index contributed by atoms with van der Waals surface area (Å²) in [6.07, 6.45) is 10.6. The molecule has 6 N–H and O–H groups in total. The molecule has 0 spiro atoms. The first kappa shape index (κ1) is 44.1. The minimum atomic E-state index is -0.949. The van der Waals surface area contributed by atoms with Crippen molar-refractivity contribution >= 4 is 12.0 Å². The van der Waals surface area contributed by atoms with Gasteiger partial charge in [-0.15, -0.1) is 19.4 Å². The van der Waals surface area contributed by atoms with Crippen molar-refractivity contribution in [2.75, 3.05) is 45.2 Å². The molecule has 1 fully saturated rings. The summed E-state index contributed by atoms with van der Waals surface area (Å²) in [4.78, 5) is 9.05. The van der Waals surface area contributed by atoms with Crippen molar-refractivity contribution in [1.29, 1.82) is 0 Å². The summed E-state index contributed by atoms with van der Waals surface area (Å²) >= 11 is 0. The molecule has 3 aromatic rings. The summed E-state index contributed by atoms with van der Waals surface area (Å²) in [5.41, 5.74) is 15.6. The summed E-state index contributed by atoms with van der Waals surface area (Å²) < 4.78 is 30.0. The van der Waals surface area contributed by atoms with Crippen LogP contribution in [0, 0.1) is 18.7 Å². The molecule has 10 heteroatoms. The van der Waals surface area contributed by atoms with Crippen molar-refractivity contribution < 1.29 is 74.8 Å². The van der Waals surface area contributed by atoms with Crippen molar-refractivity contribution in [1.82, 2.24) is 5.32 Å². The van der Waals surface area contributed by atoms with E-state index < -0.39 is 6.17 Å². The number of aliphatic hydroxyl groups excluding tert-OH is 1. The van der Waals surface area contributed by atoms with E-state index in [1.807, 2.05) is 6.07 Å². The van der Waals surface area contributed by atoms with E-state index in [0.29, 0.717) is 12.9 Å². The average molecular weight is 637 g/mol. The van der Waals surface area contributed by atoms with E-state index in [-0.39, 0.29) is 89.0 Å². The molecule has 3 aromatic carbocycles. The van der Waals surface area contributed by atoms with Gasteiger partial charge in [-0.25, -0.2) is 8.78 Å². The van der Waals surface area contributed by atoms with Gasteiger partial charge in [-0.05, 0) is 55.0 Å². The molecule has 1 heterocycles. The van der Waals surface area contributed by atoms with Gasteiger partial charge in [0.1, 0.15) is 12.1 Å². The number of terminal acetylenes is 1. The molecule has 0 amide bonds. The molecule has 0 aliphatic carbocycles. The van der Waals surface area contributed by atoms with Crippen LogP contribution in [0.3, 0.4) is 0 Å². The molecule has 0 radical (unpaired) electrons. The average Bonchev–Trinajstić information content (AvgIpc) is 3.07. The van der Waals surface area contributed by atoms with E-state index in [9.17, 15) is 8.78 Å². The van der Waals surface area contributed by atoms with E-state index in [0.717, 1.165) is 37.1 Å². The van der Waals surface area contributed by atoms with Gasteiger partial charge in [0.25, 0.3) is 0 Å². The predicted molar refractivity (Wildman–Crippen MR) is 173 cm³/mol. The fourth-order valence-electron chi connectivity index (χ4n) is 3.71. The van der Waals surface area contributed by atoms with Crippen molar-refractivity contribution in [3.05, 3.63) is 107 Å². The monoisotopic (exact) mass is 636 g/mol. The van der Waals surface area contributed by atoms with Gasteiger partial charge >= 0.3 is 51.4 Å². The number of aldehydes is 1. The number of aryl methyl sites for hydroxylation is 1. The number of nitrogens with one attached hydrogen (secondary N) is 3. The minimum absolute atomic E-state index is 0. The standard InChI is InChI=1S/C14H21FN2O2.C13H12.C3H7FN.C2H5NO.C2H2.K/c1-16-14-6-11(15)4-2-10(14)3-5-13-7-17-12(8-18)9-19-13;1-3-7-12(8-4-1)11-13-9-5-2-6-10-13;1-3(4)2-5;3-1-2-4;1-2;/h2,4,6,12-13,16-18H,3,5,7-9H2,1H3;1-10H,11H2;3,5H,2H2,1H3;2H,1,3H2;1-2H;/q;;-1;;;+1/t12-,13-;;;;;/m1...../s1. The molecule has 1 unspecified atom stereocenters. The number of nitrogens with two attached hydrogens (primary N) is 1. The normalized spacial score (nSPS) is 15.3. The zero-order valence-electron chi connectivity index (χ0n) is 26.2. The topological polar surface area (TPSA) is 120 Å². The van der Waals surface area contributed by atoms with Gasteiger partial charge in [0.15, 0.2) is 0 Å². The van der Waals surface area contributed by atoms with Crippen LogP contribution in [0.5, 0.6) is 0 Å². The molecule has 1 saturated heterocycles. The first-order chi connectivity index (χ1) is 20.9. The molecule has 4 rings (SSSR count). The third kappa shape index (κ3) is 21.6. The largest absolute Gasteiger partial charge is 1.00 e. The molecule has 0 saturated carbocycles. The second-order valence-electron chi connectivity index (χ2n) is 9.37. The van der Waals surface area contributed by atoms with Gasteiger partial charge in [0.05, 0.1) is 31.5 Å². The maximum Gasteiger partial charge on any atom is 1.00 e. The number of carbonyl (C=O) groups is 1. The van der Waals surface area contributed by atoms with Gasteiger partial charge in [0, 0.05) is 25.8 Å². The number of aliphatic hydroxyl groups is 1. The molecule has 1 aliphatic heterocycles. The number of halogens is 2. The van der Waals surface area contributed by atoms with Crippen LogP contribution in [0.25, 0.3) is 5.73 Å². The second-order valence-corrected chi connectivity index (χ2v) is 9.37. The summed E-state index contributed by atoms with van der Waals surface area (Å²) in [6, 6.07) is 25.9. The van der Waals surface area contributed by atoms with Crippen LogP contribution in [0.2, 0.25) is 0 Å². The van der Waals surface area contributed by atoms with Crippen LogP contribution < -0.4 is 67.8 Å². The number of hydrogen-bond acceptors (Lipinski definition) is 6. The third-order valence-corrected chi connectivity index (χ3v) is 5.94. The third-order valence-electron chi connectivity index (χ3n) is 5.94. The number of ether oxygens (including phenoxy) is 1. The van der Waals surface area contributed by atoms with Gasteiger partial charge in [0.2, 0.25) is 0 Å². The molecule has 1 aliphatic rings. The first-order valence-corrected chi connectivity index (χ1v) is 14.1. The molecule has 0 bridgehead atoms. The van der Waals surface area contributed by atoms with E-state index in [1.54, 1.807) is 7.05 Å². The molecule has 236 valence electrons. The maximum absolute atomic E-state index is 13.1. The Labute approximate surface area is 305 Å². The number of benzene rings is 3.